The van der Waals surface area contributed by atoms with Crippen molar-refractivity contribution in [3.63, 3.8) is 0 Å². The Bertz CT molecular complexity index is 444. The van der Waals surface area contributed by atoms with Gasteiger partial charge in [-0.2, -0.15) is 0 Å². The van der Waals surface area contributed by atoms with Gasteiger partial charge in [-0.1, -0.05) is 49.4 Å². The van der Waals surface area contributed by atoms with Crippen molar-refractivity contribution in [1.29, 1.82) is 0 Å². The summed E-state index contributed by atoms with van der Waals surface area (Å²) >= 11 is 0. The lowest BCUT2D eigenvalue weighted by Crippen LogP contribution is -2.41. The van der Waals surface area contributed by atoms with Gasteiger partial charge in [0.1, 0.15) is 5.78 Å². The van der Waals surface area contributed by atoms with E-state index < -0.39 is 0 Å². The van der Waals surface area contributed by atoms with Crippen molar-refractivity contribution >= 4 is 5.78 Å². The van der Waals surface area contributed by atoms with Gasteiger partial charge in [-0.15, -0.1) is 0 Å². The van der Waals surface area contributed by atoms with Gasteiger partial charge in [-0.25, -0.2) is 0 Å². The lowest BCUT2D eigenvalue weighted by atomic mass is 9.69. The SMILES string of the molecule is CC/C=C\CC(=O)CC1(c2ccccc2)CCNCC1. The molecule has 1 fully saturated rings. The first-order chi connectivity index (χ1) is 9.77. The molecule has 2 nitrogen and oxygen atoms in total. The Hall–Kier alpha value is -1.41. The predicted octanol–water partition coefficient (Wildman–Crippen LogP) is 3.62. The minimum absolute atomic E-state index is 0.0453. The van der Waals surface area contributed by atoms with Crippen LogP contribution in [-0.2, 0) is 10.2 Å². The van der Waals surface area contributed by atoms with Crippen molar-refractivity contribution in [1.82, 2.24) is 5.32 Å². The average Bonchev–Trinajstić information content (AvgIpc) is 2.49. The molecule has 0 saturated carbocycles. The van der Waals surface area contributed by atoms with Gasteiger partial charge in [0.15, 0.2) is 0 Å². The van der Waals surface area contributed by atoms with Crippen molar-refractivity contribution < 1.29 is 4.79 Å². The van der Waals surface area contributed by atoms with Gasteiger partial charge in [0.05, 0.1) is 0 Å². The van der Waals surface area contributed by atoms with Gasteiger partial charge in [-0.3, -0.25) is 4.79 Å². The molecular formula is C18H25NO. The minimum Gasteiger partial charge on any atom is -0.317 e. The van der Waals surface area contributed by atoms with E-state index in [1.807, 2.05) is 12.1 Å². The van der Waals surface area contributed by atoms with E-state index in [2.05, 4.69) is 42.6 Å². The zero-order valence-corrected chi connectivity index (χ0v) is 12.4. The van der Waals surface area contributed by atoms with Crippen LogP contribution in [0.5, 0.6) is 0 Å². The van der Waals surface area contributed by atoms with Gasteiger partial charge in [0.25, 0.3) is 0 Å². The molecule has 0 atom stereocenters. The largest absolute Gasteiger partial charge is 0.317 e. The van der Waals surface area contributed by atoms with Crippen LogP contribution in [0.25, 0.3) is 0 Å². The van der Waals surface area contributed by atoms with Gasteiger partial charge in [-0.05, 0) is 37.9 Å². The number of allylic oxidation sites excluding steroid dienone is 2. The average molecular weight is 271 g/mol. The third-order valence-corrected chi connectivity index (χ3v) is 4.23. The summed E-state index contributed by atoms with van der Waals surface area (Å²) in [6.45, 7) is 4.11. The molecule has 2 rings (SSSR count). The normalized spacial score (nSPS) is 18.2. The quantitative estimate of drug-likeness (QED) is 0.801. The molecule has 2 heteroatoms. The van der Waals surface area contributed by atoms with Gasteiger partial charge in [0.2, 0.25) is 0 Å². The molecule has 0 amide bonds. The Balaban J connectivity index is 2.12. The van der Waals surface area contributed by atoms with E-state index in [0.29, 0.717) is 18.6 Å². The van der Waals surface area contributed by atoms with E-state index in [1.54, 1.807) is 0 Å². The molecule has 1 heterocycles. The van der Waals surface area contributed by atoms with Crippen molar-refractivity contribution in [3.05, 3.63) is 48.0 Å². The van der Waals surface area contributed by atoms with Gasteiger partial charge in [0, 0.05) is 18.3 Å². The number of ketones is 1. The summed E-state index contributed by atoms with van der Waals surface area (Å²) in [6.07, 6.45) is 8.46. The zero-order chi connectivity index (χ0) is 14.3. The number of piperidine rings is 1. The van der Waals surface area contributed by atoms with Crippen molar-refractivity contribution in [2.75, 3.05) is 13.1 Å². The summed E-state index contributed by atoms with van der Waals surface area (Å²) in [6, 6.07) is 10.6. The summed E-state index contributed by atoms with van der Waals surface area (Å²) in [4.78, 5) is 12.3. The Morgan fingerprint density at radius 3 is 2.55 bits per heavy atom. The monoisotopic (exact) mass is 271 g/mol. The smallest absolute Gasteiger partial charge is 0.137 e. The summed E-state index contributed by atoms with van der Waals surface area (Å²) in [5.74, 6) is 0.362. The Kier molecular flexibility index (Phi) is 5.54. The Morgan fingerprint density at radius 1 is 1.20 bits per heavy atom. The number of Topliss-reactive ketones (excluding diaryl/α,β-unsaturated/α-hetero) is 1. The molecule has 1 aliphatic rings. The highest BCUT2D eigenvalue weighted by molar-refractivity contribution is 5.81. The fourth-order valence-electron chi connectivity index (χ4n) is 3.10. The van der Waals surface area contributed by atoms with E-state index in [4.69, 9.17) is 0 Å². The second kappa shape index (κ2) is 7.39. The lowest BCUT2D eigenvalue weighted by molar-refractivity contribution is -0.119. The number of carbonyl (C=O) groups is 1. The maximum absolute atomic E-state index is 12.3. The first kappa shape index (κ1) is 15.0. The van der Waals surface area contributed by atoms with E-state index in [0.717, 1.165) is 32.4 Å². The number of benzene rings is 1. The Morgan fingerprint density at radius 2 is 1.90 bits per heavy atom. The molecule has 0 unspecified atom stereocenters. The molecule has 0 aromatic heterocycles. The molecule has 0 aliphatic carbocycles. The molecule has 1 N–H and O–H groups in total. The molecular weight excluding hydrogens is 246 g/mol. The van der Waals surface area contributed by atoms with E-state index in [9.17, 15) is 4.79 Å². The summed E-state index contributed by atoms with van der Waals surface area (Å²) in [7, 11) is 0. The van der Waals surface area contributed by atoms with Crippen LogP contribution in [0.15, 0.2) is 42.5 Å². The van der Waals surface area contributed by atoms with E-state index in [1.165, 1.54) is 5.56 Å². The number of hydrogen-bond donors (Lipinski definition) is 1. The summed E-state index contributed by atoms with van der Waals surface area (Å²) in [5.41, 5.74) is 1.37. The van der Waals surface area contributed by atoms with Gasteiger partial charge >= 0.3 is 0 Å². The fourth-order valence-corrected chi connectivity index (χ4v) is 3.10. The first-order valence-electron chi connectivity index (χ1n) is 7.70. The van der Waals surface area contributed by atoms with Crippen LogP contribution < -0.4 is 5.32 Å². The number of nitrogens with one attached hydrogen (secondary N) is 1. The molecule has 20 heavy (non-hydrogen) atoms. The van der Waals surface area contributed by atoms with Gasteiger partial charge < -0.3 is 5.32 Å². The van der Waals surface area contributed by atoms with Crippen LogP contribution in [0.2, 0.25) is 0 Å². The first-order valence-corrected chi connectivity index (χ1v) is 7.70. The fraction of sp³-hybridized carbons (Fsp3) is 0.500. The highest BCUT2D eigenvalue weighted by Crippen LogP contribution is 2.37. The van der Waals surface area contributed by atoms with Crippen LogP contribution in [0.1, 0.15) is 44.6 Å². The number of rotatable bonds is 6. The molecule has 0 bridgehead atoms. The molecule has 0 radical (unpaired) electrons. The molecule has 1 saturated heterocycles. The van der Waals surface area contributed by atoms with Crippen LogP contribution in [0.3, 0.4) is 0 Å². The van der Waals surface area contributed by atoms with Crippen LogP contribution in [0.4, 0.5) is 0 Å². The third kappa shape index (κ3) is 3.80. The third-order valence-electron chi connectivity index (χ3n) is 4.23. The Labute approximate surface area is 122 Å². The topological polar surface area (TPSA) is 29.1 Å². The second-order valence-corrected chi connectivity index (χ2v) is 5.70. The zero-order valence-electron chi connectivity index (χ0n) is 12.4. The molecule has 1 aromatic carbocycles. The van der Waals surface area contributed by atoms with Crippen molar-refractivity contribution in [3.8, 4) is 0 Å². The van der Waals surface area contributed by atoms with Crippen molar-refractivity contribution in [2.24, 2.45) is 0 Å². The second-order valence-electron chi connectivity index (χ2n) is 5.70. The highest BCUT2D eigenvalue weighted by atomic mass is 16.1. The van der Waals surface area contributed by atoms with E-state index in [-0.39, 0.29) is 5.41 Å². The van der Waals surface area contributed by atoms with E-state index >= 15 is 0 Å². The summed E-state index contributed by atoms with van der Waals surface area (Å²) in [5, 5.41) is 3.41. The lowest BCUT2D eigenvalue weighted by Gasteiger charge is -2.38. The molecule has 1 aromatic rings. The number of hydrogen-bond acceptors (Lipinski definition) is 2. The van der Waals surface area contributed by atoms with Crippen LogP contribution in [0, 0.1) is 0 Å². The maximum Gasteiger partial charge on any atom is 0.137 e. The molecule has 1 aliphatic heterocycles. The maximum atomic E-state index is 12.3. The predicted molar refractivity (Wildman–Crippen MR) is 83.9 cm³/mol. The van der Waals surface area contributed by atoms with Crippen molar-refractivity contribution in [2.45, 2.75) is 44.4 Å². The molecule has 108 valence electrons. The summed E-state index contributed by atoms with van der Waals surface area (Å²) < 4.78 is 0. The minimum atomic E-state index is 0.0453. The number of carbonyl (C=O) groups excluding carboxylic acids is 1. The standard InChI is InChI=1S/C18H25NO/c1-2-3-5-10-17(20)15-18(11-13-19-14-12-18)16-8-6-4-7-9-16/h3-9,19H,2,10-15H2,1H3/b5-3-. The van der Waals surface area contributed by atoms with Crippen LogP contribution in [-0.4, -0.2) is 18.9 Å². The highest BCUT2D eigenvalue weighted by Gasteiger charge is 2.35. The van der Waals surface area contributed by atoms with Crippen LogP contribution >= 0.6 is 0 Å². The molecule has 0 spiro atoms.